The summed E-state index contributed by atoms with van der Waals surface area (Å²) in [5.41, 5.74) is 1.77. The number of allylic oxidation sites excluding steroid dienone is 2. The van der Waals surface area contributed by atoms with Gasteiger partial charge in [-0.25, -0.2) is 4.57 Å². The lowest BCUT2D eigenvalue weighted by molar-refractivity contribution is 0.395. The number of rotatable bonds is 9. The standard InChI is InChI=1S/C20H21O3P/c1-4-11-17-13-7-9-15-19(17)22-24(21,6-3)23-20-16-10-8-14-18(20)12-5-2/h4-10,13-16H,1-3,11-12H2. The summed E-state index contributed by atoms with van der Waals surface area (Å²) >= 11 is 0. The summed E-state index contributed by atoms with van der Waals surface area (Å²) < 4.78 is 24.4. The predicted octanol–water partition coefficient (Wildman–Crippen LogP) is 5.94. The van der Waals surface area contributed by atoms with Gasteiger partial charge >= 0.3 is 7.60 Å². The molecule has 4 heteroatoms. The monoisotopic (exact) mass is 340 g/mol. The van der Waals surface area contributed by atoms with E-state index < -0.39 is 7.60 Å². The average Bonchev–Trinajstić information content (AvgIpc) is 2.59. The minimum atomic E-state index is -3.55. The van der Waals surface area contributed by atoms with Gasteiger partial charge < -0.3 is 9.05 Å². The summed E-state index contributed by atoms with van der Waals surface area (Å²) in [4.78, 5) is 0. The van der Waals surface area contributed by atoms with Gasteiger partial charge in [0.25, 0.3) is 0 Å². The molecule has 0 spiro atoms. The largest absolute Gasteiger partial charge is 0.455 e. The molecule has 0 fully saturated rings. The molecule has 0 aliphatic carbocycles. The van der Waals surface area contributed by atoms with E-state index in [0.717, 1.165) is 11.1 Å². The van der Waals surface area contributed by atoms with Crippen LogP contribution in [0.5, 0.6) is 11.5 Å². The van der Waals surface area contributed by atoms with E-state index in [1.54, 1.807) is 24.3 Å². The van der Waals surface area contributed by atoms with Gasteiger partial charge in [0.15, 0.2) is 0 Å². The first-order chi connectivity index (χ1) is 11.6. The Labute approximate surface area is 143 Å². The average molecular weight is 340 g/mol. The maximum absolute atomic E-state index is 13.0. The third-order valence-electron chi connectivity index (χ3n) is 3.35. The Morgan fingerprint density at radius 1 is 0.792 bits per heavy atom. The van der Waals surface area contributed by atoms with Gasteiger partial charge in [-0.2, -0.15) is 0 Å². The molecule has 2 aromatic carbocycles. The normalized spacial score (nSPS) is 10.7. The molecule has 0 saturated carbocycles. The number of para-hydroxylation sites is 2. The van der Waals surface area contributed by atoms with Crippen molar-refractivity contribution in [2.45, 2.75) is 12.8 Å². The summed E-state index contributed by atoms with van der Waals surface area (Å²) in [6.07, 6.45) is 4.75. The minimum Gasteiger partial charge on any atom is -0.413 e. The fourth-order valence-electron chi connectivity index (χ4n) is 2.20. The summed E-state index contributed by atoms with van der Waals surface area (Å²) in [6, 6.07) is 14.7. The second-order valence-corrected chi connectivity index (χ2v) is 6.92. The van der Waals surface area contributed by atoms with Crippen molar-refractivity contribution in [1.29, 1.82) is 0 Å². The summed E-state index contributed by atoms with van der Waals surface area (Å²) in [6.45, 7) is 11.1. The molecule has 3 nitrogen and oxygen atoms in total. The van der Waals surface area contributed by atoms with Crippen LogP contribution in [0.25, 0.3) is 0 Å². The van der Waals surface area contributed by atoms with Crippen molar-refractivity contribution in [1.82, 2.24) is 0 Å². The Morgan fingerprint density at radius 2 is 1.21 bits per heavy atom. The van der Waals surface area contributed by atoms with Crippen molar-refractivity contribution < 1.29 is 13.6 Å². The third kappa shape index (κ3) is 4.50. The maximum atomic E-state index is 13.0. The molecule has 0 radical (unpaired) electrons. The first-order valence-corrected chi connectivity index (χ1v) is 9.23. The molecule has 2 rings (SSSR count). The van der Waals surface area contributed by atoms with Gasteiger partial charge in [-0.3, -0.25) is 0 Å². The summed E-state index contributed by atoms with van der Waals surface area (Å²) in [7, 11) is -3.55. The molecule has 0 bridgehead atoms. The molecule has 0 unspecified atom stereocenters. The van der Waals surface area contributed by atoms with Gasteiger partial charge in [0.05, 0.1) is 0 Å². The zero-order valence-electron chi connectivity index (χ0n) is 13.6. The predicted molar refractivity (Wildman–Crippen MR) is 99.7 cm³/mol. The van der Waals surface area contributed by atoms with Gasteiger partial charge in [-0.05, 0) is 36.1 Å². The smallest absolute Gasteiger partial charge is 0.413 e. The molecule has 2 aromatic rings. The zero-order valence-corrected chi connectivity index (χ0v) is 14.5. The molecule has 0 heterocycles. The zero-order chi connectivity index (χ0) is 17.4. The Balaban J connectivity index is 2.30. The van der Waals surface area contributed by atoms with Crippen LogP contribution in [0.3, 0.4) is 0 Å². The fourth-order valence-corrected chi connectivity index (χ4v) is 3.29. The second-order valence-electron chi connectivity index (χ2n) is 5.11. The first-order valence-electron chi connectivity index (χ1n) is 7.62. The third-order valence-corrected chi connectivity index (χ3v) is 4.70. The maximum Gasteiger partial charge on any atom is 0.455 e. The van der Waals surface area contributed by atoms with Crippen molar-refractivity contribution in [3.05, 3.63) is 97.4 Å². The Kier molecular flexibility index (Phi) is 6.22. The van der Waals surface area contributed by atoms with Gasteiger partial charge in [0.2, 0.25) is 0 Å². The van der Waals surface area contributed by atoms with Crippen LogP contribution in [-0.2, 0) is 17.4 Å². The van der Waals surface area contributed by atoms with Crippen LogP contribution in [0.4, 0.5) is 0 Å². The van der Waals surface area contributed by atoms with Crippen molar-refractivity contribution in [2.75, 3.05) is 0 Å². The molecule has 0 aliphatic rings. The molecule has 24 heavy (non-hydrogen) atoms. The Bertz CT molecular complexity index is 720. The van der Waals surface area contributed by atoms with Gasteiger partial charge in [0, 0.05) is 5.82 Å². The molecule has 124 valence electrons. The fraction of sp³-hybridized carbons (Fsp3) is 0.100. The van der Waals surface area contributed by atoms with Crippen molar-refractivity contribution in [3.63, 3.8) is 0 Å². The van der Waals surface area contributed by atoms with Crippen molar-refractivity contribution in [2.24, 2.45) is 0 Å². The molecule has 0 aromatic heterocycles. The quantitative estimate of drug-likeness (QED) is 0.419. The van der Waals surface area contributed by atoms with Crippen LogP contribution >= 0.6 is 7.60 Å². The number of benzene rings is 2. The van der Waals surface area contributed by atoms with Crippen LogP contribution in [-0.4, -0.2) is 0 Å². The topological polar surface area (TPSA) is 35.5 Å². The highest BCUT2D eigenvalue weighted by Crippen LogP contribution is 2.50. The minimum absolute atomic E-state index is 0.502. The molecule has 0 amide bonds. The summed E-state index contributed by atoms with van der Waals surface area (Å²) in [5.74, 6) is 2.23. The number of hydrogen-bond acceptors (Lipinski definition) is 3. The van der Waals surface area contributed by atoms with Gasteiger partial charge in [-0.15, -0.1) is 13.2 Å². The Hall–Kier alpha value is -2.51. The highest BCUT2D eigenvalue weighted by atomic mass is 31.2. The molecule has 0 N–H and O–H groups in total. The molecular weight excluding hydrogens is 319 g/mol. The molecule has 0 aliphatic heterocycles. The van der Waals surface area contributed by atoms with E-state index >= 15 is 0 Å². The van der Waals surface area contributed by atoms with E-state index in [1.807, 2.05) is 36.4 Å². The van der Waals surface area contributed by atoms with Gasteiger partial charge in [-0.1, -0.05) is 55.1 Å². The second kappa shape index (κ2) is 8.37. The van der Waals surface area contributed by atoms with Crippen LogP contribution in [0, 0.1) is 0 Å². The molecule has 0 saturated heterocycles. The van der Waals surface area contributed by atoms with Crippen molar-refractivity contribution >= 4 is 7.60 Å². The van der Waals surface area contributed by atoms with E-state index in [-0.39, 0.29) is 0 Å². The van der Waals surface area contributed by atoms with Crippen LogP contribution in [0.2, 0.25) is 0 Å². The van der Waals surface area contributed by atoms with Crippen LogP contribution in [0.15, 0.2) is 86.2 Å². The van der Waals surface area contributed by atoms with E-state index in [1.165, 1.54) is 5.82 Å². The van der Waals surface area contributed by atoms with E-state index in [4.69, 9.17) is 9.05 Å². The highest BCUT2D eigenvalue weighted by Gasteiger charge is 2.25. The number of hydrogen-bond donors (Lipinski definition) is 0. The summed E-state index contributed by atoms with van der Waals surface area (Å²) in [5, 5.41) is 0. The first kappa shape index (κ1) is 17.8. The van der Waals surface area contributed by atoms with E-state index in [0.29, 0.717) is 24.3 Å². The lowest BCUT2D eigenvalue weighted by Crippen LogP contribution is -2.02. The molecular formula is C20H21O3P. The highest BCUT2D eigenvalue weighted by molar-refractivity contribution is 7.58. The lowest BCUT2D eigenvalue weighted by Gasteiger charge is -2.19. The SMILES string of the molecule is C=CCc1ccccc1OP(=O)(C=C)Oc1ccccc1CC=C. The Morgan fingerprint density at radius 3 is 1.58 bits per heavy atom. The lowest BCUT2D eigenvalue weighted by atomic mass is 10.1. The van der Waals surface area contributed by atoms with E-state index in [9.17, 15) is 4.57 Å². The van der Waals surface area contributed by atoms with Gasteiger partial charge in [0.1, 0.15) is 11.5 Å². The van der Waals surface area contributed by atoms with Crippen molar-refractivity contribution in [3.8, 4) is 11.5 Å². The van der Waals surface area contributed by atoms with E-state index in [2.05, 4.69) is 19.7 Å². The molecule has 0 atom stereocenters. The van der Waals surface area contributed by atoms with Crippen LogP contribution in [0.1, 0.15) is 11.1 Å². The van der Waals surface area contributed by atoms with Crippen LogP contribution < -0.4 is 9.05 Å².